The highest BCUT2D eigenvalue weighted by Crippen LogP contribution is 2.41. The first-order chi connectivity index (χ1) is 15.8. The Balaban J connectivity index is 1.41. The zero-order valence-electron chi connectivity index (χ0n) is 17.1. The van der Waals surface area contributed by atoms with Crippen molar-refractivity contribution >= 4 is 47.3 Å². The number of nitrogens with one attached hydrogen (secondary N) is 2. The Kier molecular flexibility index (Phi) is 6.70. The number of hydrogen-bond acceptors (Lipinski definition) is 8. The van der Waals surface area contributed by atoms with Crippen molar-refractivity contribution in [3.05, 3.63) is 53.0 Å². The number of carbonyl (C=O) groups excluding carboxylic acids is 2. The lowest BCUT2D eigenvalue weighted by molar-refractivity contribution is -0.150. The second-order valence-corrected chi connectivity index (χ2v) is 9.35. The monoisotopic (exact) mass is 489 g/mol. The minimum Gasteiger partial charge on any atom is -0.481 e. The predicted molar refractivity (Wildman–Crippen MR) is 118 cm³/mol. The molecule has 3 heterocycles. The van der Waals surface area contributed by atoms with Gasteiger partial charge in [-0.1, -0.05) is 42.1 Å². The molecule has 2 amide bonds. The van der Waals surface area contributed by atoms with E-state index < -0.39 is 29.3 Å². The minimum atomic E-state index is -1.22. The van der Waals surface area contributed by atoms with Crippen LogP contribution in [0.15, 0.2) is 46.8 Å². The SMILES string of the molecule is O=C(O)Cc1nc(SCC2=C(C(=O)O)N3C(=O)C(NC(=O)Cc4ccccc4)[C@H]3SC2)n[nH]1. The number of rotatable bonds is 9. The van der Waals surface area contributed by atoms with E-state index in [1.54, 1.807) is 0 Å². The zero-order valence-corrected chi connectivity index (χ0v) is 18.7. The van der Waals surface area contributed by atoms with Gasteiger partial charge in [0, 0.05) is 11.5 Å². The number of carbonyl (C=O) groups is 4. The first kappa shape index (κ1) is 22.9. The number of H-pyrrole nitrogens is 1. The number of thioether (sulfide) groups is 2. The standard InChI is InChI=1S/C20H19N5O6S2/c26-13(6-10-4-2-1-3-5-10)22-15-17(29)25-16(19(30)31)11(8-32-18(15)25)9-33-20-21-12(23-24-20)7-14(27)28/h1-5,15,18H,6-9H2,(H,22,26)(H,27,28)(H,30,31)(H,21,23,24)/t15?,18-/m1/s1. The third-order valence-corrected chi connectivity index (χ3v) is 7.25. The Hall–Kier alpha value is -3.32. The molecule has 2 aliphatic heterocycles. The Morgan fingerprint density at radius 3 is 2.67 bits per heavy atom. The first-order valence-corrected chi connectivity index (χ1v) is 11.9. The van der Waals surface area contributed by atoms with E-state index in [-0.39, 0.29) is 41.2 Å². The highest BCUT2D eigenvalue weighted by molar-refractivity contribution is 8.01. The van der Waals surface area contributed by atoms with Gasteiger partial charge in [0.15, 0.2) is 0 Å². The molecule has 1 aromatic carbocycles. The number of aromatic nitrogens is 3. The molecule has 11 nitrogen and oxygen atoms in total. The van der Waals surface area contributed by atoms with E-state index in [0.29, 0.717) is 11.3 Å². The number of β-lactam (4-membered cyclic amide) rings is 1. The Morgan fingerprint density at radius 2 is 1.97 bits per heavy atom. The molecule has 1 unspecified atom stereocenters. The van der Waals surface area contributed by atoms with Gasteiger partial charge in [-0.15, -0.1) is 16.9 Å². The van der Waals surface area contributed by atoms with Gasteiger partial charge >= 0.3 is 11.9 Å². The molecule has 1 fully saturated rings. The van der Waals surface area contributed by atoms with Gasteiger partial charge in [0.05, 0.1) is 6.42 Å². The maximum atomic E-state index is 12.7. The predicted octanol–water partition coefficient (Wildman–Crippen LogP) is 0.505. The van der Waals surface area contributed by atoms with E-state index in [2.05, 4.69) is 20.5 Å². The van der Waals surface area contributed by atoms with E-state index in [0.717, 1.165) is 17.3 Å². The Labute approximate surface area is 196 Å². The molecule has 1 aromatic heterocycles. The molecule has 0 bridgehead atoms. The Morgan fingerprint density at radius 1 is 1.21 bits per heavy atom. The number of nitrogens with zero attached hydrogens (tertiary/aromatic N) is 3. The number of amides is 2. The second-order valence-electron chi connectivity index (χ2n) is 7.30. The summed E-state index contributed by atoms with van der Waals surface area (Å²) in [6.45, 7) is 0. The van der Waals surface area contributed by atoms with Crippen molar-refractivity contribution in [2.75, 3.05) is 11.5 Å². The molecule has 2 aliphatic rings. The van der Waals surface area contributed by atoms with Crippen molar-refractivity contribution in [1.82, 2.24) is 25.4 Å². The molecule has 13 heteroatoms. The highest BCUT2D eigenvalue weighted by atomic mass is 32.2. The average Bonchev–Trinajstić information content (AvgIpc) is 3.22. The van der Waals surface area contributed by atoms with Crippen LogP contribution in [-0.4, -0.2) is 77.0 Å². The van der Waals surface area contributed by atoms with E-state index in [9.17, 15) is 24.3 Å². The summed E-state index contributed by atoms with van der Waals surface area (Å²) in [6, 6.07) is 8.35. The van der Waals surface area contributed by atoms with Crippen LogP contribution in [0.3, 0.4) is 0 Å². The molecule has 172 valence electrons. The average molecular weight is 490 g/mol. The van der Waals surface area contributed by atoms with Gasteiger partial charge < -0.3 is 15.5 Å². The lowest BCUT2D eigenvalue weighted by Crippen LogP contribution is -2.70. The van der Waals surface area contributed by atoms with E-state index in [1.165, 1.54) is 16.7 Å². The summed E-state index contributed by atoms with van der Waals surface area (Å²) in [4.78, 5) is 53.1. The molecule has 0 spiro atoms. The lowest BCUT2D eigenvalue weighted by Gasteiger charge is -2.49. The molecule has 1 saturated heterocycles. The molecule has 0 saturated carbocycles. The van der Waals surface area contributed by atoms with Gasteiger partial charge in [0.1, 0.15) is 29.4 Å². The third kappa shape index (κ3) is 5.03. The number of aliphatic carboxylic acids is 2. The normalized spacial score (nSPS) is 19.6. The number of carboxylic acids is 2. The van der Waals surface area contributed by atoms with Gasteiger partial charge in [0.2, 0.25) is 11.1 Å². The van der Waals surface area contributed by atoms with Gasteiger partial charge in [-0.05, 0) is 11.1 Å². The highest BCUT2D eigenvalue weighted by Gasteiger charge is 2.54. The van der Waals surface area contributed by atoms with Crippen molar-refractivity contribution in [1.29, 1.82) is 0 Å². The lowest BCUT2D eigenvalue weighted by atomic mass is 10.0. The molecular formula is C20H19N5O6S2. The van der Waals surface area contributed by atoms with Crippen LogP contribution in [0.2, 0.25) is 0 Å². The van der Waals surface area contributed by atoms with Crippen molar-refractivity contribution in [2.45, 2.75) is 29.4 Å². The van der Waals surface area contributed by atoms with Crippen LogP contribution in [0, 0.1) is 0 Å². The molecule has 2 aromatic rings. The Bertz CT molecular complexity index is 1130. The van der Waals surface area contributed by atoms with Crippen LogP contribution in [0.5, 0.6) is 0 Å². The molecule has 33 heavy (non-hydrogen) atoms. The number of hydrogen-bond donors (Lipinski definition) is 4. The molecule has 2 atom stereocenters. The number of fused-ring (bicyclic) bond motifs is 1. The molecular weight excluding hydrogens is 470 g/mol. The number of benzene rings is 1. The molecule has 0 aliphatic carbocycles. The van der Waals surface area contributed by atoms with Gasteiger partial charge in [-0.3, -0.25) is 24.4 Å². The number of aromatic amines is 1. The van der Waals surface area contributed by atoms with Crippen LogP contribution >= 0.6 is 23.5 Å². The zero-order chi connectivity index (χ0) is 23.5. The van der Waals surface area contributed by atoms with Gasteiger partial charge in [-0.2, -0.15) is 0 Å². The molecule has 4 rings (SSSR count). The van der Waals surface area contributed by atoms with Crippen molar-refractivity contribution in [2.24, 2.45) is 0 Å². The first-order valence-electron chi connectivity index (χ1n) is 9.82. The fraction of sp³-hybridized carbons (Fsp3) is 0.300. The van der Waals surface area contributed by atoms with Crippen molar-refractivity contribution in [3.8, 4) is 0 Å². The summed E-state index contributed by atoms with van der Waals surface area (Å²) in [5.74, 6) is -2.25. The van der Waals surface area contributed by atoms with Crippen LogP contribution in [0.1, 0.15) is 11.4 Å². The van der Waals surface area contributed by atoms with E-state index in [1.807, 2.05) is 30.3 Å². The summed E-state index contributed by atoms with van der Waals surface area (Å²) in [7, 11) is 0. The van der Waals surface area contributed by atoms with Crippen LogP contribution < -0.4 is 5.32 Å². The van der Waals surface area contributed by atoms with Crippen molar-refractivity contribution < 1.29 is 29.4 Å². The summed E-state index contributed by atoms with van der Waals surface area (Å²) in [5.41, 5.74) is 1.26. The van der Waals surface area contributed by atoms with Crippen LogP contribution in [0.25, 0.3) is 0 Å². The molecule has 0 radical (unpaired) electrons. The fourth-order valence-corrected chi connectivity index (χ4v) is 5.82. The second kappa shape index (κ2) is 9.67. The maximum Gasteiger partial charge on any atom is 0.352 e. The topological polar surface area (TPSA) is 166 Å². The maximum absolute atomic E-state index is 12.7. The third-order valence-electron chi connectivity index (χ3n) is 4.98. The van der Waals surface area contributed by atoms with E-state index in [4.69, 9.17) is 5.11 Å². The summed E-state index contributed by atoms with van der Waals surface area (Å²) >= 11 is 2.53. The van der Waals surface area contributed by atoms with Crippen LogP contribution in [-0.2, 0) is 32.0 Å². The van der Waals surface area contributed by atoms with Gasteiger partial charge in [0.25, 0.3) is 5.91 Å². The van der Waals surface area contributed by atoms with E-state index >= 15 is 0 Å². The largest absolute Gasteiger partial charge is 0.481 e. The summed E-state index contributed by atoms with van der Waals surface area (Å²) in [5, 5.41) is 27.5. The minimum absolute atomic E-state index is 0.0916. The summed E-state index contributed by atoms with van der Waals surface area (Å²) < 4.78 is 0. The van der Waals surface area contributed by atoms with Crippen LogP contribution in [0.4, 0.5) is 0 Å². The smallest absolute Gasteiger partial charge is 0.352 e. The quantitative estimate of drug-likeness (QED) is 0.288. The fourth-order valence-electron chi connectivity index (χ4n) is 3.52. The van der Waals surface area contributed by atoms with Gasteiger partial charge in [-0.25, -0.2) is 9.78 Å². The molecule has 4 N–H and O–H groups in total. The summed E-state index contributed by atoms with van der Waals surface area (Å²) in [6.07, 6.45) is -0.167. The van der Waals surface area contributed by atoms with Crippen molar-refractivity contribution in [3.63, 3.8) is 0 Å². The number of carboxylic acid groups (broad SMARTS) is 2.